The molecule has 3 heterocycles. The number of alkyl halides is 2. The Balaban J connectivity index is 1.76. The fraction of sp³-hybridized carbons (Fsp3) is 0.190. The van der Waals surface area contributed by atoms with Crippen molar-refractivity contribution in [2.45, 2.75) is 30.9 Å². The topological polar surface area (TPSA) is 52.7 Å². The predicted molar refractivity (Wildman–Crippen MR) is 117 cm³/mol. The molecule has 30 heavy (non-hydrogen) atoms. The lowest BCUT2D eigenvalue weighted by Crippen LogP contribution is -2.22. The SMILES string of the molecule is C=CCn1c(SCc2nccn2C(F)F)nc2scc(-c3ccc(C)cc3)c2c1=O. The van der Waals surface area contributed by atoms with Gasteiger partial charge in [-0.2, -0.15) is 8.78 Å². The van der Waals surface area contributed by atoms with Crippen LogP contribution in [0.1, 0.15) is 17.9 Å². The van der Waals surface area contributed by atoms with Crippen molar-refractivity contribution in [2.75, 3.05) is 0 Å². The third-order valence-corrected chi connectivity index (χ3v) is 6.47. The number of benzene rings is 1. The van der Waals surface area contributed by atoms with Gasteiger partial charge in [-0.3, -0.25) is 13.9 Å². The van der Waals surface area contributed by atoms with Crippen LogP contribution in [-0.4, -0.2) is 19.1 Å². The molecule has 0 amide bonds. The molecule has 0 N–H and O–H groups in total. The lowest BCUT2D eigenvalue weighted by atomic mass is 10.1. The Morgan fingerprint density at radius 2 is 2.07 bits per heavy atom. The zero-order valence-electron chi connectivity index (χ0n) is 16.1. The van der Waals surface area contributed by atoms with Crippen LogP contribution in [0.4, 0.5) is 8.78 Å². The molecule has 5 nitrogen and oxygen atoms in total. The first-order valence-electron chi connectivity index (χ1n) is 9.12. The van der Waals surface area contributed by atoms with E-state index in [-0.39, 0.29) is 23.7 Å². The average Bonchev–Trinajstić information content (AvgIpc) is 3.36. The molecule has 0 unspecified atom stereocenters. The standard InChI is InChI=1S/C21H18F2N4OS2/c1-3-9-27-19(28)17-15(14-6-4-13(2)5-7-14)11-29-18(17)25-21(27)30-12-16-24-8-10-26(16)20(22)23/h3-8,10-11,20H,1,9,12H2,2H3. The zero-order valence-corrected chi connectivity index (χ0v) is 17.7. The number of hydrogen-bond donors (Lipinski definition) is 0. The third kappa shape index (κ3) is 3.82. The van der Waals surface area contributed by atoms with E-state index in [4.69, 9.17) is 0 Å². The maximum absolute atomic E-state index is 13.3. The van der Waals surface area contributed by atoms with Gasteiger partial charge in [-0.05, 0) is 12.5 Å². The van der Waals surface area contributed by atoms with Crippen molar-refractivity contribution in [1.82, 2.24) is 19.1 Å². The van der Waals surface area contributed by atoms with E-state index in [2.05, 4.69) is 16.5 Å². The van der Waals surface area contributed by atoms with Gasteiger partial charge in [0.15, 0.2) is 5.16 Å². The van der Waals surface area contributed by atoms with Gasteiger partial charge < -0.3 is 0 Å². The minimum Gasteiger partial charge on any atom is -0.283 e. The van der Waals surface area contributed by atoms with E-state index in [1.807, 2.05) is 36.6 Å². The van der Waals surface area contributed by atoms with Crippen LogP contribution in [-0.2, 0) is 12.3 Å². The van der Waals surface area contributed by atoms with Gasteiger partial charge in [0.2, 0.25) is 0 Å². The summed E-state index contributed by atoms with van der Waals surface area (Å²) in [6.45, 7) is 3.36. The van der Waals surface area contributed by atoms with Crippen LogP contribution in [0.3, 0.4) is 0 Å². The van der Waals surface area contributed by atoms with Gasteiger partial charge in [0.25, 0.3) is 5.56 Å². The highest BCUT2D eigenvalue weighted by Gasteiger charge is 2.18. The Morgan fingerprint density at radius 1 is 1.30 bits per heavy atom. The molecule has 0 aliphatic carbocycles. The van der Waals surface area contributed by atoms with Crippen molar-refractivity contribution in [3.05, 3.63) is 76.4 Å². The number of thioether (sulfide) groups is 1. The molecular formula is C21H18F2N4OS2. The molecule has 4 rings (SSSR count). The van der Waals surface area contributed by atoms with E-state index in [9.17, 15) is 13.6 Å². The molecule has 0 atom stereocenters. The van der Waals surface area contributed by atoms with Crippen LogP contribution < -0.4 is 5.56 Å². The van der Waals surface area contributed by atoms with Crippen LogP contribution in [0.15, 0.2) is 64.6 Å². The number of aryl methyl sites for hydroxylation is 1. The van der Waals surface area contributed by atoms with Gasteiger partial charge in [-0.25, -0.2) is 9.97 Å². The number of thiophene rings is 1. The average molecular weight is 445 g/mol. The number of fused-ring (bicyclic) bond motifs is 1. The summed E-state index contributed by atoms with van der Waals surface area (Å²) >= 11 is 2.60. The van der Waals surface area contributed by atoms with Gasteiger partial charge in [0.05, 0.1) is 11.1 Å². The highest BCUT2D eigenvalue weighted by molar-refractivity contribution is 7.98. The second-order valence-electron chi connectivity index (χ2n) is 6.61. The quantitative estimate of drug-likeness (QED) is 0.214. The summed E-state index contributed by atoms with van der Waals surface area (Å²) in [6, 6.07) is 7.98. The maximum Gasteiger partial charge on any atom is 0.319 e. The molecule has 0 radical (unpaired) electrons. The first-order valence-corrected chi connectivity index (χ1v) is 11.0. The normalized spacial score (nSPS) is 11.5. The van der Waals surface area contributed by atoms with Crippen molar-refractivity contribution in [1.29, 1.82) is 0 Å². The molecule has 9 heteroatoms. The van der Waals surface area contributed by atoms with Crippen LogP contribution in [0.5, 0.6) is 0 Å². The fourth-order valence-electron chi connectivity index (χ4n) is 3.11. The van der Waals surface area contributed by atoms with Crippen molar-refractivity contribution >= 4 is 33.3 Å². The minimum absolute atomic E-state index is 0.169. The van der Waals surface area contributed by atoms with E-state index >= 15 is 0 Å². The van der Waals surface area contributed by atoms with Gasteiger partial charge in [0, 0.05) is 29.9 Å². The molecule has 0 saturated heterocycles. The number of rotatable bonds is 7. The molecular weight excluding hydrogens is 426 g/mol. The Labute approximate surface area is 179 Å². The summed E-state index contributed by atoms with van der Waals surface area (Å²) in [5.41, 5.74) is 2.77. The van der Waals surface area contributed by atoms with E-state index in [0.29, 0.717) is 15.4 Å². The fourth-order valence-corrected chi connectivity index (χ4v) is 5.06. The Kier molecular flexibility index (Phi) is 5.83. The summed E-state index contributed by atoms with van der Waals surface area (Å²) < 4.78 is 28.5. The van der Waals surface area contributed by atoms with Crippen molar-refractivity contribution in [3.63, 3.8) is 0 Å². The molecule has 0 fully saturated rings. The number of hydrogen-bond acceptors (Lipinski definition) is 5. The molecule has 0 spiro atoms. The van der Waals surface area contributed by atoms with Gasteiger partial charge >= 0.3 is 6.55 Å². The van der Waals surface area contributed by atoms with Crippen LogP contribution in [0.25, 0.3) is 21.3 Å². The number of allylic oxidation sites excluding steroid dienone is 1. The highest BCUT2D eigenvalue weighted by Crippen LogP contribution is 2.33. The van der Waals surface area contributed by atoms with E-state index < -0.39 is 6.55 Å². The Hall–Kier alpha value is -2.78. The predicted octanol–water partition coefficient (Wildman–Crippen LogP) is 5.50. The summed E-state index contributed by atoms with van der Waals surface area (Å²) in [5, 5.41) is 2.94. The van der Waals surface area contributed by atoms with Gasteiger partial charge in [-0.1, -0.05) is 47.7 Å². The van der Waals surface area contributed by atoms with E-state index in [1.165, 1.54) is 40.1 Å². The Morgan fingerprint density at radius 3 is 2.77 bits per heavy atom. The molecule has 1 aromatic carbocycles. The Bertz CT molecular complexity index is 1260. The van der Waals surface area contributed by atoms with E-state index in [0.717, 1.165) is 21.3 Å². The molecule has 0 bridgehead atoms. The lowest BCUT2D eigenvalue weighted by molar-refractivity contribution is 0.0678. The first kappa shape index (κ1) is 20.5. The largest absolute Gasteiger partial charge is 0.319 e. The monoisotopic (exact) mass is 444 g/mol. The van der Waals surface area contributed by atoms with Gasteiger partial charge in [0.1, 0.15) is 10.7 Å². The summed E-state index contributed by atoms with van der Waals surface area (Å²) in [5.74, 6) is 0.392. The van der Waals surface area contributed by atoms with Crippen molar-refractivity contribution in [2.24, 2.45) is 0 Å². The van der Waals surface area contributed by atoms with Gasteiger partial charge in [-0.15, -0.1) is 17.9 Å². The summed E-state index contributed by atoms with van der Waals surface area (Å²) in [4.78, 5) is 22.6. The number of halogens is 2. The molecule has 4 aromatic rings. The second kappa shape index (κ2) is 8.53. The number of nitrogens with zero attached hydrogens (tertiary/aromatic N) is 4. The van der Waals surface area contributed by atoms with Crippen LogP contribution in [0, 0.1) is 6.92 Å². The smallest absolute Gasteiger partial charge is 0.283 e. The molecule has 154 valence electrons. The molecule has 3 aromatic heterocycles. The summed E-state index contributed by atoms with van der Waals surface area (Å²) in [6.07, 6.45) is 4.20. The van der Waals surface area contributed by atoms with E-state index in [1.54, 1.807) is 6.08 Å². The lowest BCUT2D eigenvalue weighted by Gasteiger charge is -2.11. The summed E-state index contributed by atoms with van der Waals surface area (Å²) in [7, 11) is 0. The third-order valence-electron chi connectivity index (χ3n) is 4.62. The van der Waals surface area contributed by atoms with Crippen LogP contribution >= 0.6 is 23.1 Å². The molecule has 0 aliphatic rings. The molecule has 0 aliphatic heterocycles. The number of aromatic nitrogens is 4. The van der Waals surface area contributed by atoms with Crippen molar-refractivity contribution in [3.8, 4) is 11.1 Å². The number of imidazole rings is 1. The van der Waals surface area contributed by atoms with Crippen LogP contribution in [0.2, 0.25) is 0 Å². The zero-order chi connectivity index (χ0) is 21.3. The minimum atomic E-state index is -2.66. The maximum atomic E-state index is 13.3. The molecule has 0 saturated carbocycles. The second-order valence-corrected chi connectivity index (χ2v) is 8.41. The first-order chi connectivity index (χ1) is 14.5. The van der Waals surface area contributed by atoms with Crippen molar-refractivity contribution < 1.29 is 8.78 Å². The highest BCUT2D eigenvalue weighted by atomic mass is 32.2.